The molecule has 1 aliphatic heterocycles. The van der Waals surface area contributed by atoms with Gasteiger partial charge in [0, 0.05) is 0 Å². The molecule has 2 rings (SSSR count). The predicted octanol–water partition coefficient (Wildman–Crippen LogP) is -0.953. The summed E-state index contributed by atoms with van der Waals surface area (Å²) in [5.74, 6) is 0.00265. The Bertz CT molecular complexity index is 723. The van der Waals surface area contributed by atoms with Gasteiger partial charge in [0.15, 0.2) is 0 Å². The highest BCUT2D eigenvalue weighted by atomic mass is 35.5. The third-order valence-electron chi connectivity index (χ3n) is 4.14. The van der Waals surface area contributed by atoms with E-state index in [4.69, 9.17) is 21.1 Å². The molecule has 1 heterocycles. The van der Waals surface area contributed by atoms with Crippen molar-refractivity contribution in [2.24, 2.45) is 0 Å². The molecule has 0 radical (unpaired) electrons. The van der Waals surface area contributed by atoms with Crippen molar-refractivity contribution in [1.29, 1.82) is 0 Å². The molecule has 3 N–H and O–H groups in total. The first-order chi connectivity index (χ1) is 12.3. The third-order valence-corrected chi connectivity index (χ3v) is 5.97. The van der Waals surface area contributed by atoms with E-state index in [2.05, 4.69) is 10.0 Å². The summed E-state index contributed by atoms with van der Waals surface area (Å²) in [6, 6.07) is 3.22. The van der Waals surface area contributed by atoms with E-state index in [1.165, 1.54) is 37.1 Å². The van der Waals surface area contributed by atoms with Crippen LogP contribution < -0.4 is 19.7 Å². The number of amides is 1. The molecule has 0 saturated carbocycles. The molecule has 1 atom stereocenters. The molecule has 1 aromatic carbocycles. The molecule has 1 aromatic rings. The molecule has 1 saturated heterocycles. The Kier molecular flexibility index (Phi) is 7.66. The summed E-state index contributed by atoms with van der Waals surface area (Å²) in [5.41, 5.74) is 0. The number of quaternary nitrogens is 1. The molecule has 1 fully saturated rings. The van der Waals surface area contributed by atoms with E-state index in [-0.39, 0.29) is 15.8 Å². The zero-order valence-corrected chi connectivity index (χ0v) is 16.5. The zero-order chi connectivity index (χ0) is 19.2. The molecule has 10 heteroatoms. The van der Waals surface area contributed by atoms with E-state index >= 15 is 0 Å². The number of sulfonamides is 1. The summed E-state index contributed by atoms with van der Waals surface area (Å²) in [6.07, 6.45) is 0. The minimum atomic E-state index is -3.87. The molecule has 146 valence electrons. The van der Waals surface area contributed by atoms with E-state index in [0.29, 0.717) is 12.3 Å². The summed E-state index contributed by atoms with van der Waals surface area (Å²) >= 11 is 5.97. The van der Waals surface area contributed by atoms with Gasteiger partial charge in [-0.1, -0.05) is 11.6 Å². The van der Waals surface area contributed by atoms with Gasteiger partial charge in [0.2, 0.25) is 15.9 Å². The van der Waals surface area contributed by atoms with Gasteiger partial charge in [-0.15, -0.1) is 0 Å². The molecule has 0 aromatic heterocycles. The van der Waals surface area contributed by atoms with Crippen LogP contribution in [-0.4, -0.2) is 66.9 Å². The summed E-state index contributed by atoms with van der Waals surface area (Å²) in [7, 11) is -2.43. The minimum Gasteiger partial charge on any atom is -0.495 e. The lowest BCUT2D eigenvalue weighted by Crippen LogP contribution is -3.14. The monoisotopic (exact) mass is 406 g/mol. The van der Waals surface area contributed by atoms with Crippen LogP contribution in [0.1, 0.15) is 6.92 Å². The summed E-state index contributed by atoms with van der Waals surface area (Å²) < 4.78 is 37.5. The number of halogens is 1. The molecule has 0 bridgehead atoms. The van der Waals surface area contributed by atoms with Crippen molar-refractivity contribution in [3.8, 4) is 5.75 Å². The number of benzene rings is 1. The number of carbonyl (C=O) groups excluding carboxylic acids is 1. The van der Waals surface area contributed by atoms with Crippen LogP contribution in [0.15, 0.2) is 23.1 Å². The van der Waals surface area contributed by atoms with Gasteiger partial charge >= 0.3 is 0 Å². The first-order valence-corrected chi connectivity index (χ1v) is 10.2. The molecule has 8 nitrogen and oxygen atoms in total. The summed E-state index contributed by atoms with van der Waals surface area (Å²) in [5, 5.41) is 2.94. The number of morpholine rings is 1. The van der Waals surface area contributed by atoms with Gasteiger partial charge < -0.3 is 19.7 Å². The van der Waals surface area contributed by atoms with Crippen LogP contribution in [-0.2, 0) is 19.6 Å². The number of hydrogen-bond acceptors (Lipinski definition) is 5. The maximum atomic E-state index is 12.4. The van der Waals surface area contributed by atoms with Gasteiger partial charge in [-0.25, -0.2) is 8.42 Å². The Balaban J connectivity index is 1.87. The lowest BCUT2D eigenvalue weighted by atomic mass is 10.3. The van der Waals surface area contributed by atoms with Gasteiger partial charge in [-0.2, -0.15) is 4.72 Å². The van der Waals surface area contributed by atoms with Gasteiger partial charge in [0.1, 0.15) is 18.8 Å². The van der Waals surface area contributed by atoms with E-state index in [9.17, 15) is 13.2 Å². The number of ether oxygens (including phenoxy) is 2. The fraction of sp³-hybridized carbons (Fsp3) is 0.562. The van der Waals surface area contributed by atoms with E-state index in [1.807, 2.05) is 0 Å². The molecule has 26 heavy (non-hydrogen) atoms. The second kappa shape index (κ2) is 9.52. The van der Waals surface area contributed by atoms with Crippen LogP contribution in [0.5, 0.6) is 5.75 Å². The SMILES string of the molecule is COc1ccc(S(=O)(=O)N[C@H](C)C(=O)NCC[NH+]2CCOCC2)cc1Cl. The second-order valence-electron chi connectivity index (χ2n) is 6.04. The Morgan fingerprint density at radius 2 is 2.08 bits per heavy atom. The number of nitrogens with one attached hydrogen (secondary N) is 3. The van der Waals surface area contributed by atoms with Gasteiger partial charge in [-0.05, 0) is 25.1 Å². The Morgan fingerprint density at radius 3 is 2.69 bits per heavy atom. The van der Waals surface area contributed by atoms with Crippen molar-refractivity contribution >= 4 is 27.5 Å². The zero-order valence-electron chi connectivity index (χ0n) is 14.9. The molecule has 0 unspecified atom stereocenters. The summed E-state index contributed by atoms with van der Waals surface area (Å²) in [4.78, 5) is 13.5. The maximum absolute atomic E-state index is 12.4. The molecular weight excluding hydrogens is 382 g/mol. The van der Waals surface area contributed by atoms with Crippen LogP contribution in [0.4, 0.5) is 0 Å². The Labute approximate surface area is 158 Å². The first kappa shape index (κ1) is 20.9. The number of methoxy groups -OCH3 is 1. The average molecular weight is 407 g/mol. The van der Waals surface area contributed by atoms with Crippen LogP contribution >= 0.6 is 11.6 Å². The standard InChI is InChI=1S/C16H24ClN3O5S/c1-12(16(21)18-5-6-20-7-9-25-10-8-20)19-26(22,23)13-3-4-15(24-2)14(17)11-13/h3-4,11-12,19H,5-10H2,1-2H3,(H,18,21)/p+1/t12-/m1/s1. The maximum Gasteiger partial charge on any atom is 0.241 e. The predicted molar refractivity (Wildman–Crippen MR) is 97.2 cm³/mol. The summed E-state index contributed by atoms with van der Waals surface area (Å²) in [6.45, 7) is 6.04. The van der Waals surface area contributed by atoms with Crippen molar-refractivity contribution in [2.75, 3.05) is 46.5 Å². The number of carbonyl (C=O) groups is 1. The average Bonchev–Trinajstić information content (AvgIpc) is 2.62. The normalized spacial score (nSPS) is 16.9. The highest BCUT2D eigenvalue weighted by molar-refractivity contribution is 7.89. The number of hydrogen-bond donors (Lipinski definition) is 3. The topological polar surface area (TPSA) is 98.2 Å². The molecule has 1 amide bonds. The van der Waals surface area contributed by atoms with E-state index < -0.39 is 16.1 Å². The van der Waals surface area contributed by atoms with Crippen molar-refractivity contribution in [3.63, 3.8) is 0 Å². The van der Waals surface area contributed by atoms with Gasteiger partial charge in [0.05, 0.1) is 49.4 Å². The second-order valence-corrected chi connectivity index (χ2v) is 8.16. The molecule has 1 aliphatic rings. The van der Waals surface area contributed by atoms with Crippen molar-refractivity contribution in [2.45, 2.75) is 17.9 Å². The van der Waals surface area contributed by atoms with Crippen molar-refractivity contribution in [3.05, 3.63) is 23.2 Å². The van der Waals surface area contributed by atoms with E-state index in [0.717, 1.165) is 32.8 Å². The van der Waals surface area contributed by atoms with Crippen LogP contribution in [0.3, 0.4) is 0 Å². The third kappa shape index (κ3) is 5.82. The Hall–Kier alpha value is -1.39. The largest absolute Gasteiger partial charge is 0.495 e. The molecule has 0 spiro atoms. The van der Waals surface area contributed by atoms with Gasteiger partial charge in [0.25, 0.3) is 0 Å². The van der Waals surface area contributed by atoms with Crippen molar-refractivity contribution < 1.29 is 27.6 Å². The van der Waals surface area contributed by atoms with Crippen molar-refractivity contribution in [1.82, 2.24) is 10.0 Å². The van der Waals surface area contributed by atoms with Crippen LogP contribution in [0, 0.1) is 0 Å². The molecule has 0 aliphatic carbocycles. The first-order valence-electron chi connectivity index (χ1n) is 8.38. The Morgan fingerprint density at radius 1 is 1.38 bits per heavy atom. The fourth-order valence-corrected chi connectivity index (χ4v) is 4.15. The van der Waals surface area contributed by atoms with Gasteiger partial charge in [-0.3, -0.25) is 4.79 Å². The molecular formula is C16H25ClN3O5S+. The quantitative estimate of drug-likeness (QED) is 0.517. The lowest BCUT2D eigenvalue weighted by Gasteiger charge is -2.24. The highest BCUT2D eigenvalue weighted by Crippen LogP contribution is 2.26. The van der Waals surface area contributed by atoms with Crippen LogP contribution in [0.2, 0.25) is 5.02 Å². The minimum absolute atomic E-state index is 0.0271. The van der Waals surface area contributed by atoms with Crippen LogP contribution in [0.25, 0.3) is 0 Å². The fourth-order valence-electron chi connectivity index (χ4n) is 2.59. The highest BCUT2D eigenvalue weighted by Gasteiger charge is 2.23. The smallest absolute Gasteiger partial charge is 0.241 e. The number of rotatable bonds is 8. The van der Waals surface area contributed by atoms with E-state index in [1.54, 1.807) is 0 Å². The lowest BCUT2D eigenvalue weighted by molar-refractivity contribution is -0.906.